The summed E-state index contributed by atoms with van der Waals surface area (Å²) in [6.45, 7) is 1.95. The molecule has 4 rings (SSSR count). The van der Waals surface area contributed by atoms with Crippen LogP contribution in [0.5, 0.6) is 0 Å². The molecule has 5 nitrogen and oxygen atoms in total. The molecular formula is C29H27NO4S. The fraction of sp³-hybridized carbons (Fsp3) is 0.172. The van der Waals surface area contributed by atoms with Gasteiger partial charge in [-0.2, -0.15) is 0 Å². The Balaban J connectivity index is 1.67. The van der Waals surface area contributed by atoms with Crippen molar-refractivity contribution >= 4 is 23.7 Å². The molecule has 1 unspecified atom stereocenters. The Hall–Kier alpha value is -3.61. The predicted molar refractivity (Wildman–Crippen MR) is 139 cm³/mol. The van der Waals surface area contributed by atoms with Crippen molar-refractivity contribution in [1.29, 1.82) is 0 Å². The van der Waals surface area contributed by atoms with Crippen LogP contribution in [0.25, 0.3) is 11.1 Å². The maximum atomic E-state index is 12.6. The van der Waals surface area contributed by atoms with E-state index in [0.717, 1.165) is 27.1 Å². The van der Waals surface area contributed by atoms with Crippen LogP contribution in [0, 0.1) is 0 Å². The topological polar surface area (TPSA) is 101 Å². The molecule has 0 spiro atoms. The second kappa shape index (κ2) is 10.3. The van der Waals surface area contributed by atoms with Gasteiger partial charge in [-0.05, 0) is 52.4 Å². The van der Waals surface area contributed by atoms with E-state index >= 15 is 0 Å². The van der Waals surface area contributed by atoms with Gasteiger partial charge in [0.1, 0.15) is 5.41 Å². The largest absolute Gasteiger partial charge is 0.480 e. The molecular weight excluding hydrogens is 458 g/mol. The Morgan fingerprint density at radius 1 is 0.943 bits per heavy atom. The Morgan fingerprint density at radius 3 is 2.26 bits per heavy atom. The number of rotatable bonds is 8. The molecule has 0 heterocycles. The van der Waals surface area contributed by atoms with Gasteiger partial charge in [0, 0.05) is 29.2 Å². The average molecular weight is 486 g/mol. The van der Waals surface area contributed by atoms with Crippen molar-refractivity contribution in [2.75, 3.05) is 0 Å². The second-order valence-corrected chi connectivity index (χ2v) is 9.63. The molecule has 0 aromatic heterocycles. The number of hydrogen-bond donors (Lipinski definition) is 3. The van der Waals surface area contributed by atoms with Crippen molar-refractivity contribution in [1.82, 2.24) is 0 Å². The highest BCUT2D eigenvalue weighted by atomic mass is 32.2. The van der Waals surface area contributed by atoms with Crippen molar-refractivity contribution in [2.45, 2.75) is 36.0 Å². The first-order chi connectivity index (χ1) is 16.9. The number of hydrogen-bond acceptors (Lipinski definition) is 4. The fourth-order valence-electron chi connectivity index (χ4n) is 4.48. The van der Waals surface area contributed by atoms with E-state index in [1.54, 1.807) is 43.0 Å². The minimum atomic E-state index is -1.47. The minimum absolute atomic E-state index is 0.114. The minimum Gasteiger partial charge on any atom is -0.480 e. The molecule has 0 aliphatic heterocycles. The number of carbonyl (C=O) groups is 2. The van der Waals surface area contributed by atoms with E-state index in [-0.39, 0.29) is 18.5 Å². The number of allylic oxidation sites excluding steroid dienone is 2. The summed E-state index contributed by atoms with van der Waals surface area (Å²) in [5, 5.41) is 20.0. The van der Waals surface area contributed by atoms with Gasteiger partial charge >= 0.3 is 11.9 Å². The zero-order chi connectivity index (χ0) is 25.0. The molecule has 6 heteroatoms. The monoisotopic (exact) mass is 485 g/mol. The Bertz CT molecular complexity index is 1310. The van der Waals surface area contributed by atoms with Crippen molar-refractivity contribution in [2.24, 2.45) is 5.73 Å². The van der Waals surface area contributed by atoms with E-state index in [1.165, 1.54) is 0 Å². The lowest BCUT2D eigenvalue weighted by Gasteiger charge is -2.33. The average Bonchev–Trinajstić information content (AvgIpc) is 2.88. The van der Waals surface area contributed by atoms with Crippen LogP contribution in [0.15, 0.2) is 101 Å². The molecule has 1 aliphatic carbocycles. The number of benzene rings is 3. The van der Waals surface area contributed by atoms with Crippen molar-refractivity contribution in [3.8, 4) is 11.1 Å². The zero-order valence-corrected chi connectivity index (χ0v) is 20.2. The maximum Gasteiger partial charge on any atom is 0.331 e. The Morgan fingerprint density at radius 2 is 1.63 bits per heavy atom. The van der Waals surface area contributed by atoms with Crippen molar-refractivity contribution in [3.05, 3.63) is 113 Å². The number of thioether (sulfide) groups is 1. The van der Waals surface area contributed by atoms with Crippen LogP contribution < -0.4 is 5.73 Å². The van der Waals surface area contributed by atoms with Crippen molar-refractivity contribution in [3.63, 3.8) is 0 Å². The molecule has 4 N–H and O–H groups in total. The molecule has 0 amide bonds. The second-order valence-electron chi connectivity index (χ2n) is 8.58. The number of carboxylic acids is 2. The smallest absolute Gasteiger partial charge is 0.331 e. The molecule has 0 saturated carbocycles. The fourth-order valence-corrected chi connectivity index (χ4v) is 5.46. The van der Waals surface area contributed by atoms with Gasteiger partial charge in [-0.25, -0.2) is 4.79 Å². The van der Waals surface area contributed by atoms with Crippen LogP contribution in [0.2, 0.25) is 0 Å². The van der Waals surface area contributed by atoms with Gasteiger partial charge in [-0.3, -0.25) is 4.79 Å². The summed E-state index contributed by atoms with van der Waals surface area (Å²) in [6.07, 6.45) is 3.11. The molecule has 3 aromatic rings. The van der Waals surface area contributed by atoms with E-state index in [9.17, 15) is 19.8 Å². The summed E-state index contributed by atoms with van der Waals surface area (Å²) in [6, 6.07) is 23.9. The highest BCUT2D eigenvalue weighted by Gasteiger charge is 2.43. The standard InChI is InChI=1S/C29H27NO4S/c1-19-14-15-29(28(33)34,16-24(19)27(31)32)26-9-5-8-22(17-30)25(26)18-35-23-12-10-21(11-13-23)20-6-3-2-4-7-20/h2-15H,16-18,30H2,1H3,(H,31,32)(H,33,34). The van der Waals surface area contributed by atoms with Crippen LogP contribution in [0.3, 0.4) is 0 Å². The molecule has 1 atom stereocenters. The summed E-state index contributed by atoms with van der Waals surface area (Å²) in [5.41, 5.74) is 9.80. The van der Waals surface area contributed by atoms with E-state index in [0.29, 0.717) is 16.9 Å². The van der Waals surface area contributed by atoms with Gasteiger partial charge in [-0.15, -0.1) is 11.8 Å². The number of carboxylic acid groups (broad SMARTS) is 2. The first-order valence-electron chi connectivity index (χ1n) is 11.3. The van der Waals surface area contributed by atoms with Gasteiger partial charge in [0.25, 0.3) is 0 Å². The third kappa shape index (κ3) is 4.94. The highest BCUT2D eigenvalue weighted by Crippen LogP contribution is 2.42. The van der Waals surface area contributed by atoms with Gasteiger partial charge in [0.2, 0.25) is 0 Å². The quantitative estimate of drug-likeness (QED) is 0.349. The molecule has 35 heavy (non-hydrogen) atoms. The third-order valence-electron chi connectivity index (χ3n) is 6.51. The van der Waals surface area contributed by atoms with Crippen LogP contribution in [0.1, 0.15) is 30.0 Å². The first kappa shape index (κ1) is 24.5. The molecule has 0 bridgehead atoms. The maximum absolute atomic E-state index is 12.6. The van der Waals surface area contributed by atoms with E-state index in [4.69, 9.17) is 5.73 Å². The number of aliphatic carboxylic acids is 2. The van der Waals surface area contributed by atoms with Crippen LogP contribution >= 0.6 is 11.8 Å². The lowest BCUT2D eigenvalue weighted by Crippen LogP contribution is -2.38. The molecule has 0 saturated heterocycles. The summed E-state index contributed by atoms with van der Waals surface area (Å²) in [4.78, 5) is 25.5. The third-order valence-corrected chi connectivity index (χ3v) is 7.55. The van der Waals surface area contributed by atoms with Crippen molar-refractivity contribution < 1.29 is 19.8 Å². The summed E-state index contributed by atoms with van der Waals surface area (Å²) in [5.74, 6) is -1.66. The van der Waals surface area contributed by atoms with E-state index in [1.807, 2.05) is 24.3 Å². The molecule has 0 radical (unpaired) electrons. The van der Waals surface area contributed by atoms with Crippen LogP contribution in [0.4, 0.5) is 0 Å². The molecule has 178 valence electrons. The SMILES string of the molecule is CC1=C(C(=O)O)CC(C(=O)O)(c2cccc(CN)c2CSc2ccc(-c3ccccc3)cc2)C=C1. The highest BCUT2D eigenvalue weighted by molar-refractivity contribution is 7.98. The van der Waals surface area contributed by atoms with Gasteiger partial charge in [-0.1, -0.05) is 72.8 Å². The Labute approximate surface area is 209 Å². The zero-order valence-electron chi connectivity index (χ0n) is 19.4. The molecule has 1 aliphatic rings. The van der Waals surface area contributed by atoms with Crippen LogP contribution in [-0.4, -0.2) is 22.2 Å². The van der Waals surface area contributed by atoms with Gasteiger partial charge in [0.05, 0.1) is 0 Å². The van der Waals surface area contributed by atoms with Gasteiger partial charge in [0.15, 0.2) is 0 Å². The van der Waals surface area contributed by atoms with E-state index in [2.05, 4.69) is 36.4 Å². The predicted octanol–water partition coefficient (Wildman–Crippen LogP) is 5.79. The lowest BCUT2D eigenvalue weighted by molar-refractivity contribution is -0.142. The number of nitrogens with two attached hydrogens (primary N) is 1. The van der Waals surface area contributed by atoms with Gasteiger partial charge < -0.3 is 15.9 Å². The summed E-state index contributed by atoms with van der Waals surface area (Å²) < 4.78 is 0. The van der Waals surface area contributed by atoms with E-state index < -0.39 is 17.4 Å². The Kier molecular flexibility index (Phi) is 7.24. The molecule has 0 fully saturated rings. The normalized spacial score (nSPS) is 17.4. The lowest BCUT2D eigenvalue weighted by atomic mass is 9.69. The first-order valence-corrected chi connectivity index (χ1v) is 12.3. The van der Waals surface area contributed by atoms with Crippen LogP contribution in [-0.2, 0) is 27.3 Å². The molecule has 3 aromatic carbocycles. The summed E-state index contributed by atoms with van der Waals surface area (Å²) in [7, 11) is 0. The summed E-state index contributed by atoms with van der Waals surface area (Å²) >= 11 is 1.60.